The molecule has 0 aliphatic carbocycles. The zero-order chi connectivity index (χ0) is 24.2. The minimum atomic E-state index is -0.822. The highest BCUT2D eigenvalue weighted by atomic mass is 35.5. The van der Waals surface area contributed by atoms with Crippen LogP contribution in [0, 0.1) is 0 Å². The topological polar surface area (TPSA) is 88.5 Å². The normalized spacial score (nSPS) is 20.6. The van der Waals surface area contributed by atoms with Crippen LogP contribution < -0.4 is 9.47 Å². The smallest absolute Gasteiger partial charge is 0.295 e. The standard InChI is InChI=1S/C25H27ClN2O6/c1-32-18-7-8-19(20(15-18)33-2)22-21(23(29)16-3-5-17(26)6-4-16)24(30)25(31)28(22)10-9-27-11-13-34-14-12-27/h3-8,15,22,29H,9-14H2,1-2H3/t22-/m0/s1. The number of rotatable bonds is 7. The van der Waals surface area contributed by atoms with Gasteiger partial charge in [0.25, 0.3) is 11.7 Å². The Hall–Kier alpha value is -3.07. The van der Waals surface area contributed by atoms with E-state index in [1.807, 2.05) is 0 Å². The number of Topliss-reactive ketones (excluding diaryl/α,β-unsaturated/α-hetero) is 1. The molecule has 4 rings (SSSR count). The van der Waals surface area contributed by atoms with Crippen molar-refractivity contribution in [1.29, 1.82) is 0 Å². The number of aliphatic hydroxyl groups is 1. The Bertz CT molecular complexity index is 1100. The lowest BCUT2D eigenvalue weighted by atomic mass is 9.94. The van der Waals surface area contributed by atoms with Crippen molar-refractivity contribution in [3.63, 3.8) is 0 Å². The Morgan fingerprint density at radius 3 is 2.41 bits per heavy atom. The van der Waals surface area contributed by atoms with E-state index in [2.05, 4.69) is 4.90 Å². The first kappa shape index (κ1) is 24.1. The Labute approximate surface area is 203 Å². The van der Waals surface area contributed by atoms with Crippen molar-refractivity contribution in [2.75, 3.05) is 53.6 Å². The molecule has 2 aromatic carbocycles. The van der Waals surface area contributed by atoms with E-state index >= 15 is 0 Å². The average molecular weight is 487 g/mol. The lowest BCUT2D eigenvalue weighted by molar-refractivity contribution is -0.140. The van der Waals surface area contributed by atoms with Crippen LogP contribution in [0.25, 0.3) is 5.76 Å². The molecule has 0 saturated carbocycles. The summed E-state index contributed by atoms with van der Waals surface area (Å²) >= 11 is 5.99. The van der Waals surface area contributed by atoms with Gasteiger partial charge in [-0.2, -0.15) is 0 Å². The van der Waals surface area contributed by atoms with Crippen molar-refractivity contribution in [2.45, 2.75) is 6.04 Å². The molecular formula is C25H27ClN2O6. The number of nitrogens with zero attached hydrogens (tertiary/aromatic N) is 2. The number of halogens is 1. The van der Waals surface area contributed by atoms with Crippen molar-refractivity contribution in [3.05, 3.63) is 64.2 Å². The minimum Gasteiger partial charge on any atom is -0.507 e. The van der Waals surface area contributed by atoms with Gasteiger partial charge in [0.05, 0.1) is 39.0 Å². The summed E-state index contributed by atoms with van der Waals surface area (Å²) < 4.78 is 16.3. The first-order valence-corrected chi connectivity index (χ1v) is 11.4. The van der Waals surface area contributed by atoms with Gasteiger partial charge in [0.15, 0.2) is 0 Å². The molecule has 2 fully saturated rings. The van der Waals surface area contributed by atoms with Crippen LogP contribution in [0.4, 0.5) is 0 Å². The van der Waals surface area contributed by atoms with Gasteiger partial charge >= 0.3 is 0 Å². The Balaban J connectivity index is 1.79. The molecule has 2 saturated heterocycles. The molecule has 1 N–H and O–H groups in total. The maximum absolute atomic E-state index is 13.2. The fraction of sp³-hybridized carbons (Fsp3) is 0.360. The van der Waals surface area contributed by atoms with Gasteiger partial charge in [0, 0.05) is 48.4 Å². The molecule has 2 aliphatic rings. The number of hydrogen-bond donors (Lipinski definition) is 1. The van der Waals surface area contributed by atoms with Gasteiger partial charge in [-0.25, -0.2) is 0 Å². The molecule has 2 aliphatic heterocycles. The molecule has 1 amide bonds. The molecule has 34 heavy (non-hydrogen) atoms. The fourth-order valence-electron chi connectivity index (χ4n) is 4.32. The third-order valence-corrected chi connectivity index (χ3v) is 6.41. The summed E-state index contributed by atoms with van der Waals surface area (Å²) in [6.45, 7) is 3.65. The third kappa shape index (κ3) is 4.75. The average Bonchev–Trinajstić information content (AvgIpc) is 3.12. The molecule has 0 spiro atoms. The number of hydrogen-bond acceptors (Lipinski definition) is 7. The predicted octanol–water partition coefficient (Wildman–Crippen LogP) is 3.11. The van der Waals surface area contributed by atoms with Crippen molar-refractivity contribution >= 4 is 29.1 Å². The van der Waals surface area contributed by atoms with Crippen LogP contribution in [-0.4, -0.2) is 80.2 Å². The number of aliphatic hydroxyl groups excluding tert-OH is 1. The van der Waals surface area contributed by atoms with E-state index < -0.39 is 17.7 Å². The number of ether oxygens (including phenoxy) is 3. The molecule has 8 nitrogen and oxygen atoms in total. The van der Waals surface area contributed by atoms with E-state index in [0.717, 1.165) is 13.1 Å². The van der Waals surface area contributed by atoms with Crippen molar-refractivity contribution < 1.29 is 28.9 Å². The van der Waals surface area contributed by atoms with Gasteiger partial charge in [-0.15, -0.1) is 0 Å². The van der Waals surface area contributed by atoms with Crippen LogP contribution in [0.15, 0.2) is 48.0 Å². The minimum absolute atomic E-state index is 0.0118. The van der Waals surface area contributed by atoms with E-state index in [1.165, 1.54) is 12.0 Å². The van der Waals surface area contributed by atoms with Crippen LogP contribution in [0.1, 0.15) is 17.2 Å². The van der Waals surface area contributed by atoms with Gasteiger partial charge in [-0.1, -0.05) is 11.6 Å². The summed E-state index contributed by atoms with van der Waals surface area (Å²) in [7, 11) is 3.06. The number of carbonyl (C=O) groups is 2. The number of ketones is 1. The maximum Gasteiger partial charge on any atom is 0.295 e. The monoisotopic (exact) mass is 486 g/mol. The molecule has 2 heterocycles. The van der Waals surface area contributed by atoms with Crippen LogP contribution in [-0.2, 0) is 14.3 Å². The zero-order valence-electron chi connectivity index (χ0n) is 19.1. The van der Waals surface area contributed by atoms with Gasteiger partial charge in [0.1, 0.15) is 17.3 Å². The number of methoxy groups -OCH3 is 2. The summed E-state index contributed by atoms with van der Waals surface area (Å²) in [6, 6.07) is 10.8. The second-order valence-corrected chi connectivity index (χ2v) is 8.50. The van der Waals surface area contributed by atoms with Crippen LogP contribution in [0.2, 0.25) is 5.02 Å². The Morgan fingerprint density at radius 2 is 1.76 bits per heavy atom. The van der Waals surface area contributed by atoms with Crippen molar-refractivity contribution in [3.8, 4) is 11.5 Å². The van der Waals surface area contributed by atoms with Gasteiger partial charge in [-0.3, -0.25) is 14.5 Å². The number of likely N-dealkylation sites (tertiary alicyclic amines) is 1. The number of benzene rings is 2. The van der Waals surface area contributed by atoms with Crippen LogP contribution in [0.5, 0.6) is 11.5 Å². The predicted molar refractivity (Wildman–Crippen MR) is 127 cm³/mol. The highest BCUT2D eigenvalue weighted by molar-refractivity contribution is 6.46. The number of amides is 1. The molecule has 0 unspecified atom stereocenters. The second kappa shape index (κ2) is 10.5. The summed E-state index contributed by atoms with van der Waals surface area (Å²) in [4.78, 5) is 30.1. The zero-order valence-corrected chi connectivity index (χ0v) is 19.9. The molecular weight excluding hydrogens is 460 g/mol. The maximum atomic E-state index is 13.2. The highest BCUT2D eigenvalue weighted by Crippen LogP contribution is 2.43. The molecule has 1 atom stereocenters. The van der Waals surface area contributed by atoms with Gasteiger partial charge in [0.2, 0.25) is 0 Å². The number of morpholine rings is 1. The highest BCUT2D eigenvalue weighted by Gasteiger charge is 2.47. The first-order valence-electron chi connectivity index (χ1n) is 11.0. The molecule has 0 radical (unpaired) electrons. The van der Waals surface area contributed by atoms with Crippen molar-refractivity contribution in [2.24, 2.45) is 0 Å². The van der Waals surface area contributed by atoms with E-state index in [1.54, 1.807) is 49.6 Å². The third-order valence-electron chi connectivity index (χ3n) is 6.15. The lowest BCUT2D eigenvalue weighted by Crippen LogP contribution is -2.42. The molecule has 9 heteroatoms. The van der Waals surface area contributed by atoms with E-state index in [0.29, 0.717) is 54.0 Å². The van der Waals surface area contributed by atoms with Crippen LogP contribution in [0.3, 0.4) is 0 Å². The van der Waals surface area contributed by atoms with Gasteiger partial charge < -0.3 is 24.2 Å². The molecule has 0 aromatic heterocycles. The first-order chi connectivity index (χ1) is 16.4. The van der Waals surface area contributed by atoms with E-state index in [4.69, 9.17) is 25.8 Å². The second-order valence-electron chi connectivity index (χ2n) is 8.06. The van der Waals surface area contributed by atoms with E-state index in [9.17, 15) is 14.7 Å². The largest absolute Gasteiger partial charge is 0.507 e. The summed E-state index contributed by atoms with van der Waals surface area (Å²) in [5, 5.41) is 11.7. The SMILES string of the molecule is COc1ccc([C@H]2C(=C(O)c3ccc(Cl)cc3)C(=O)C(=O)N2CCN2CCOCC2)c(OC)c1. The Kier molecular flexibility index (Phi) is 7.41. The lowest BCUT2D eigenvalue weighted by Gasteiger charge is -2.31. The molecule has 0 bridgehead atoms. The summed E-state index contributed by atoms with van der Waals surface area (Å²) in [5.74, 6) is -0.635. The fourth-order valence-corrected chi connectivity index (χ4v) is 4.44. The number of carbonyl (C=O) groups excluding carboxylic acids is 2. The summed E-state index contributed by atoms with van der Waals surface area (Å²) in [6.07, 6.45) is 0. The molecule has 180 valence electrons. The van der Waals surface area contributed by atoms with Gasteiger partial charge in [-0.05, 0) is 36.4 Å². The van der Waals surface area contributed by atoms with Crippen molar-refractivity contribution in [1.82, 2.24) is 9.80 Å². The van der Waals surface area contributed by atoms with Crippen LogP contribution >= 0.6 is 11.6 Å². The quantitative estimate of drug-likeness (QED) is 0.365. The Morgan fingerprint density at radius 1 is 1.06 bits per heavy atom. The molecule has 2 aromatic rings. The summed E-state index contributed by atoms with van der Waals surface area (Å²) in [5.41, 5.74) is 0.991. The van der Waals surface area contributed by atoms with E-state index in [-0.39, 0.29) is 11.3 Å².